The Bertz CT molecular complexity index is 1040. The summed E-state index contributed by atoms with van der Waals surface area (Å²) in [6, 6.07) is 9.64. The molecule has 8 nitrogen and oxygen atoms in total. The van der Waals surface area contributed by atoms with Crippen molar-refractivity contribution in [2.75, 3.05) is 11.9 Å². The highest BCUT2D eigenvalue weighted by Crippen LogP contribution is 2.29. The van der Waals surface area contributed by atoms with E-state index in [-0.39, 0.29) is 6.61 Å². The number of hydrogen-bond acceptors (Lipinski definition) is 5. The fourth-order valence-electron chi connectivity index (χ4n) is 2.71. The highest BCUT2D eigenvalue weighted by atomic mass is 16.5. The van der Waals surface area contributed by atoms with Crippen LogP contribution in [-0.4, -0.2) is 37.4 Å². The normalized spacial score (nSPS) is 10.8. The Kier molecular flexibility index (Phi) is 4.06. The van der Waals surface area contributed by atoms with Gasteiger partial charge in [-0.05, 0) is 36.8 Å². The van der Waals surface area contributed by atoms with Crippen LogP contribution in [0.15, 0.2) is 55.1 Å². The summed E-state index contributed by atoms with van der Waals surface area (Å²) >= 11 is 0. The van der Waals surface area contributed by atoms with Crippen molar-refractivity contribution in [3.63, 3.8) is 0 Å². The molecule has 2 N–H and O–H groups in total. The topological polar surface area (TPSA) is 97.7 Å². The van der Waals surface area contributed by atoms with E-state index in [0.717, 1.165) is 22.3 Å². The number of hydrogen-bond donors (Lipinski definition) is 2. The molecule has 0 aliphatic carbocycles. The Hall–Kier alpha value is -3.68. The molecule has 26 heavy (non-hydrogen) atoms. The molecule has 4 aromatic rings. The number of nitrogens with zero attached hydrogens (tertiary/aromatic N) is 4. The van der Waals surface area contributed by atoms with E-state index in [0.29, 0.717) is 11.5 Å². The molecule has 4 rings (SSSR count). The van der Waals surface area contributed by atoms with E-state index >= 15 is 0 Å². The van der Waals surface area contributed by atoms with Gasteiger partial charge < -0.3 is 9.72 Å². The van der Waals surface area contributed by atoms with Gasteiger partial charge in [0.05, 0.1) is 23.3 Å². The van der Waals surface area contributed by atoms with E-state index in [1.165, 1.54) is 0 Å². The van der Waals surface area contributed by atoms with Crippen LogP contribution in [0.5, 0.6) is 0 Å². The number of fused-ring (bicyclic) bond motifs is 1. The number of nitrogens with one attached hydrogen (secondary N) is 2. The summed E-state index contributed by atoms with van der Waals surface area (Å²) < 4.78 is 6.65. The Morgan fingerprint density at radius 2 is 2.19 bits per heavy atom. The molecule has 3 heterocycles. The fraction of sp³-hybridized carbons (Fsp3) is 0.111. The third kappa shape index (κ3) is 3.00. The molecule has 130 valence electrons. The minimum Gasteiger partial charge on any atom is -0.450 e. The summed E-state index contributed by atoms with van der Waals surface area (Å²) in [7, 11) is 0. The molecule has 0 saturated heterocycles. The Morgan fingerprint density at radius 1 is 1.27 bits per heavy atom. The third-order valence-electron chi connectivity index (χ3n) is 3.81. The number of ether oxygens (including phenoxy) is 1. The van der Waals surface area contributed by atoms with Crippen molar-refractivity contribution < 1.29 is 9.53 Å². The van der Waals surface area contributed by atoms with Gasteiger partial charge in [0.15, 0.2) is 0 Å². The first-order valence-electron chi connectivity index (χ1n) is 8.12. The number of imidazole rings is 1. The second kappa shape index (κ2) is 6.67. The molecular formula is C18H16N6O2. The number of rotatable bonds is 4. The monoisotopic (exact) mass is 348 g/mol. The first kappa shape index (κ1) is 15.8. The molecule has 1 aromatic carbocycles. The molecule has 0 fully saturated rings. The second-order valence-corrected chi connectivity index (χ2v) is 5.51. The number of H-pyrrole nitrogens is 1. The van der Waals surface area contributed by atoms with Crippen LogP contribution >= 0.6 is 0 Å². The van der Waals surface area contributed by atoms with Crippen LogP contribution in [0.4, 0.5) is 10.7 Å². The molecule has 0 saturated carbocycles. The number of pyridine rings is 1. The summed E-state index contributed by atoms with van der Waals surface area (Å²) in [6.07, 6.45) is 6.52. The van der Waals surface area contributed by atoms with Crippen molar-refractivity contribution in [1.29, 1.82) is 0 Å². The Balaban J connectivity index is 1.85. The number of anilines is 1. The molecule has 0 atom stereocenters. The highest BCUT2D eigenvalue weighted by Gasteiger charge is 2.14. The maximum absolute atomic E-state index is 11.7. The van der Waals surface area contributed by atoms with Gasteiger partial charge in [-0.1, -0.05) is 6.07 Å². The molecular weight excluding hydrogens is 332 g/mol. The molecule has 8 heteroatoms. The average Bonchev–Trinajstić information content (AvgIpc) is 3.31. The molecule has 0 radical (unpaired) electrons. The lowest BCUT2D eigenvalue weighted by Crippen LogP contribution is -2.14. The van der Waals surface area contributed by atoms with Crippen LogP contribution in [0.1, 0.15) is 6.92 Å². The molecule has 0 unspecified atom stereocenters. The van der Waals surface area contributed by atoms with Crippen molar-refractivity contribution >= 4 is 23.1 Å². The summed E-state index contributed by atoms with van der Waals surface area (Å²) in [5.41, 5.74) is 4.18. The SMILES string of the molecule is CCOC(=O)Nc1nc2cc(-c3cccnc3)cc(-n3cccn3)c2[nH]1. The molecule has 0 spiro atoms. The second-order valence-electron chi connectivity index (χ2n) is 5.51. The lowest BCUT2D eigenvalue weighted by atomic mass is 10.1. The van der Waals surface area contributed by atoms with E-state index in [9.17, 15) is 4.79 Å². The van der Waals surface area contributed by atoms with Gasteiger partial charge in [0, 0.05) is 30.4 Å². The van der Waals surface area contributed by atoms with Crippen molar-refractivity contribution in [2.24, 2.45) is 0 Å². The van der Waals surface area contributed by atoms with Gasteiger partial charge >= 0.3 is 6.09 Å². The number of benzene rings is 1. The van der Waals surface area contributed by atoms with Crippen molar-refractivity contribution in [3.8, 4) is 16.8 Å². The predicted molar refractivity (Wildman–Crippen MR) is 97.1 cm³/mol. The van der Waals surface area contributed by atoms with Crippen molar-refractivity contribution in [2.45, 2.75) is 6.92 Å². The van der Waals surface area contributed by atoms with Crippen molar-refractivity contribution in [3.05, 3.63) is 55.1 Å². The zero-order valence-electron chi connectivity index (χ0n) is 14.0. The molecule has 3 aromatic heterocycles. The quantitative estimate of drug-likeness (QED) is 0.589. The van der Waals surface area contributed by atoms with E-state index in [4.69, 9.17) is 4.74 Å². The average molecular weight is 348 g/mol. The summed E-state index contributed by atoms with van der Waals surface area (Å²) in [5.74, 6) is 0.315. The number of carbonyl (C=O) groups excluding carboxylic acids is 1. The van der Waals surface area contributed by atoms with Gasteiger partial charge in [-0.3, -0.25) is 10.3 Å². The maximum atomic E-state index is 11.7. The number of aromatic amines is 1. The minimum absolute atomic E-state index is 0.287. The van der Waals surface area contributed by atoms with Gasteiger partial charge in [-0.2, -0.15) is 5.10 Å². The number of aromatic nitrogens is 5. The van der Waals surface area contributed by atoms with Crippen LogP contribution in [-0.2, 0) is 4.74 Å². The zero-order valence-corrected chi connectivity index (χ0v) is 14.0. The van der Waals surface area contributed by atoms with Gasteiger partial charge in [0.1, 0.15) is 0 Å². The molecule has 0 aliphatic rings. The minimum atomic E-state index is -0.556. The number of amides is 1. The zero-order chi connectivity index (χ0) is 17.9. The first-order chi connectivity index (χ1) is 12.7. The molecule has 1 amide bonds. The first-order valence-corrected chi connectivity index (χ1v) is 8.12. The highest BCUT2D eigenvalue weighted by molar-refractivity contribution is 5.92. The standard InChI is InChI=1S/C18H16N6O2/c1-2-26-18(25)23-17-21-14-9-13(12-5-3-6-19-11-12)10-15(16(14)22-17)24-8-4-7-20-24/h3-11H,2H2,1H3,(H2,21,22,23,25). The van der Waals surface area contributed by atoms with Crippen LogP contribution < -0.4 is 5.32 Å². The van der Waals surface area contributed by atoms with E-state index < -0.39 is 6.09 Å². The van der Waals surface area contributed by atoms with E-state index in [2.05, 4.69) is 25.4 Å². The molecule has 0 aliphatic heterocycles. The van der Waals surface area contributed by atoms with Gasteiger partial charge in [-0.25, -0.2) is 14.5 Å². The lowest BCUT2D eigenvalue weighted by Gasteiger charge is -2.07. The summed E-state index contributed by atoms with van der Waals surface area (Å²) in [4.78, 5) is 23.4. The number of carbonyl (C=O) groups is 1. The van der Waals surface area contributed by atoms with Crippen LogP contribution in [0.3, 0.4) is 0 Å². The smallest absolute Gasteiger partial charge is 0.413 e. The van der Waals surface area contributed by atoms with Crippen LogP contribution in [0.2, 0.25) is 0 Å². The summed E-state index contributed by atoms with van der Waals surface area (Å²) in [5, 5.41) is 6.91. The van der Waals surface area contributed by atoms with Gasteiger partial charge in [0.25, 0.3) is 0 Å². The lowest BCUT2D eigenvalue weighted by molar-refractivity contribution is 0.167. The van der Waals surface area contributed by atoms with Crippen LogP contribution in [0.25, 0.3) is 27.8 Å². The summed E-state index contributed by atoms with van der Waals surface area (Å²) in [6.45, 7) is 2.03. The van der Waals surface area contributed by atoms with Gasteiger partial charge in [-0.15, -0.1) is 0 Å². The largest absolute Gasteiger partial charge is 0.450 e. The van der Waals surface area contributed by atoms with Crippen LogP contribution in [0, 0.1) is 0 Å². The van der Waals surface area contributed by atoms with Gasteiger partial charge in [0.2, 0.25) is 5.95 Å². The third-order valence-corrected chi connectivity index (χ3v) is 3.81. The Labute approximate surface area is 148 Å². The Morgan fingerprint density at radius 3 is 2.92 bits per heavy atom. The maximum Gasteiger partial charge on any atom is 0.413 e. The van der Waals surface area contributed by atoms with E-state index in [1.807, 2.05) is 36.5 Å². The van der Waals surface area contributed by atoms with E-state index in [1.54, 1.807) is 30.2 Å². The van der Waals surface area contributed by atoms with Crippen molar-refractivity contribution in [1.82, 2.24) is 24.7 Å². The fourth-order valence-corrected chi connectivity index (χ4v) is 2.71. The predicted octanol–water partition coefficient (Wildman–Crippen LogP) is 3.38. The molecule has 0 bridgehead atoms.